The molecule has 7 nitrogen and oxygen atoms in total. The SMILES string of the molecule is COc1cc(-c2nnc(-n3[se]c4ccccc4c3=O)s2)cc(OC)c1OC. The molecule has 2 heterocycles. The Bertz CT molecular complexity index is 1160. The van der Waals surface area contributed by atoms with Crippen LogP contribution in [-0.4, -0.2) is 49.8 Å². The van der Waals surface area contributed by atoms with Crippen molar-refractivity contribution in [3.63, 3.8) is 0 Å². The predicted octanol–water partition coefficient (Wildman–Crippen LogP) is 2.59. The Balaban J connectivity index is 1.81. The molecule has 0 aliphatic carbocycles. The van der Waals surface area contributed by atoms with Gasteiger partial charge in [-0.25, -0.2) is 0 Å². The van der Waals surface area contributed by atoms with Gasteiger partial charge in [0.1, 0.15) is 0 Å². The molecule has 0 saturated carbocycles. The van der Waals surface area contributed by atoms with Gasteiger partial charge < -0.3 is 0 Å². The van der Waals surface area contributed by atoms with Gasteiger partial charge in [-0.05, 0) is 0 Å². The molecule has 0 amide bonds. The molecule has 27 heavy (non-hydrogen) atoms. The fraction of sp³-hybridized carbons (Fsp3) is 0.167. The zero-order valence-electron chi connectivity index (χ0n) is 14.8. The Morgan fingerprint density at radius 1 is 1.00 bits per heavy atom. The van der Waals surface area contributed by atoms with Crippen LogP contribution in [0.1, 0.15) is 0 Å². The van der Waals surface area contributed by atoms with Crippen LogP contribution < -0.4 is 19.8 Å². The molecule has 4 aromatic rings. The molecule has 0 bridgehead atoms. The van der Waals surface area contributed by atoms with E-state index in [0.717, 1.165) is 15.2 Å². The number of nitrogens with zero attached hydrogens (tertiary/aromatic N) is 3. The van der Waals surface area contributed by atoms with Gasteiger partial charge in [0.15, 0.2) is 0 Å². The molecule has 4 rings (SSSR count). The average Bonchev–Trinajstić information content (AvgIpc) is 3.32. The number of methoxy groups -OCH3 is 3. The first-order valence-electron chi connectivity index (χ1n) is 7.91. The van der Waals surface area contributed by atoms with E-state index in [0.29, 0.717) is 27.4 Å². The van der Waals surface area contributed by atoms with Crippen molar-refractivity contribution in [2.24, 2.45) is 0 Å². The van der Waals surface area contributed by atoms with Crippen LogP contribution >= 0.6 is 11.3 Å². The maximum absolute atomic E-state index is 12.7. The first kappa shape index (κ1) is 17.8. The Labute approximate surface area is 164 Å². The van der Waals surface area contributed by atoms with Crippen molar-refractivity contribution in [1.29, 1.82) is 0 Å². The predicted molar refractivity (Wildman–Crippen MR) is 105 cm³/mol. The number of benzene rings is 2. The van der Waals surface area contributed by atoms with Gasteiger partial charge >= 0.3 is 165 Å². The number of hydrogen-bond acceptors (Lipinski definition) is 7. The van der Waals surface area contributed by atoms with Crippen molar-refractivity contribution >= 4 is 35.7 Å². The molecule has 0 spiro atoms. The Morgan fingerprint density at radius 2 is 1.70 bits per heavy atom. The summed E-state index contributed by atoms with van der Waals surface area (Å²) in [6.45, 7) is 0. The van der Waals surface area contributed by atoms with Crippen molar-refractivity contribution < 1.29 is 14.2 Å². The van der Waals surface area contributed by atoms with Gasteiger partial charge in [-0.1, -0.05) is 0 Å². The van der Waals surface area contributed by atoms with Crippen molar-refractivity contribution in [3.8, 4) is 33.0 Å². The van der Waals surface area contributed by atoms with Crippen LogP contribution in [0.5, 0.6) is 17.2 Å². The summed E-state index contributed by atoms with van der Waals surface area (Å²) < 4.78 is 18.9. The van der Waals surface area contributed by atoms with Crippen molar-refractivity contribution in [1.82, 2.24) is 13.8 Å². The zero-order valence-corrected chi connectivity index (χ0v) is 17.3. The molecule has 0 atom stereocenters. The topological polar surface area (TPSA) is 75.5 Å². The molecule has 0 fully saturated rings. The number of fused-ring (bicyclic) bond motifs is 1. The monoisotopic (exact) mass is 449 g/mol. The van der Waals surface area contributed by atoms with Gasteiger partial charge in [-0.3, -0.25) is 0 Å². The molecular weight excluding hydrogens is 433 g/mol. The van der Waals surface area contributed by atoms with Crippen molar-refractivity contribution in [3.05, 3.63) is 46.8 Å². The quantitative estimate of drug-likeness (QED) is 0.437. The number of ether oxygens (including phenoxy) is 3. The Kier molecular flexibility index (Phi) is 4.73. The minimum atomic E-state index is -0.139. The van der Waals surface area contributed by atoms with Gasteiger partial charge in [-0.15, -0.1) is 0 Å². The molecule has 2 aromatic carbocycles. The van der Waals surface area contributed by atoms with Crippen LogP contribution in [0.15, 0.2) is 41.2 Å². The van der Waals surface area contributed by atoms with Gasteiger partial charge in [0.05, 0.1) is 0 Å². The van der Waals surface area contributed by atoms with Gasteiger partial charge in [0.2, 0.25) is 0 Å². The van der Waals surface area contributed by atoms with Crippen LogP contribution in [0.4, 0.5) is 0 Å². The number of rotatable bonds is 5. The molecule has 2 aromatic heterocycles. The van der Waals surface area contributed by atoms with Crippen LogP contribution in [0.3, 0.4) is 0 Å². The van der Waals surface area contributed by atoms with E-state index in [9.17, 15) is 4.79 Å². The molecule has 9 heteroatoms. The second kappa shape index (κ2) is 7.19. The summed E-state index contributed by atoms with van der Waals surface area (Å²) in [6.07, 6.45) is 0. The van der Waals surface area contributed by atoms with E-state index in [1.54, 1.807) is 24.9 Å². The molecule has 0 saturated heterocycles. The van der Waals surface area contributed by atoms with Gasteiger partial charge in [0, 0.05) is 0 Å². The standard InChI is InChI=1S/C18H15N3O4SSe/c1-23-12-8-10(9-13(24-2)15(12)25-3)16-19-20-18(26-16)21-17(22)11-6-4-5-7-14(11)27-21/h4-9H,1-3H3. The molecular formula is C18H15N3O4SSe. The first-order chi connectivity index (χ1) is 13.2. The summed E-state index contributed by atoms with van der Waals surface area (Å²) in [5.41, 5.74) is 0.753. The van der Waals surface area contributed by atoms with Gasteiger partial charge in [-0.2, -0.15) is 0 Å². The molecule has 0 unspecified atom stereocenters. The summed E-state index contributed by atoms with van der Waals surface area (Å²) >= 11 is 1.22. The van der Waals surface area contributed by atoms with Crippen LogP contribution in [0.2, 0.25) is 0 Å². The zero-order chi connectivity index (χ0) is 19.0. The van der Waals surface area contributed by atoms with Gasteiger partial charge in [0.25, 0.3) is 0 Å². The summed E-state index contributed by atoms with van der Waals surface area (Å²) in [5, 5.41) is 10.5. The summed E-state index contributed by atoms with van der Waals surface area (Å²) in [7, 11) is 4.69. The number of hydrogen-bond donors (Lipinski definition) is 0. The molecule has 0 N–H and O–H groups in total. The fourth-order valence-corrected chi connectivity index (χ4v) is 5.74. The van der Waals surface area contributed by atoms with Crippen LogP contribution in [0.25, 0.3) is 25.3 Å². The van der Waals surface area contributed by atoms with E-state index in [2.05, 4.69) is 10.2 Å². The van der Waals surface area contributed by atoms with E-state index >= 15 is 0 Å². The Morgan fingerprint density at radius 3 is 2.33 bits per heavy atom. The van der Waals surface area contributed by atoms with E-state index in [1.807, 2.05) is 36.4 Å². The summed E-state index contributed by atoms with van der Waals surface area (Å²) in [6, 6.07) is 11.3. The normalized spacial score (nSPS) is 10.9. The van der Waals surface area contributed by atoms with E-state index in [4.69, 9.17) is 14.2 Å². The number of aromatic nitrogens is 3. The third-order valence-corrected chi connectivity index (χ3v) is 7.46. The average molecular weight is 448 g/mol. The molecule has 0 radical (unpaired) electrons. The first-order valence-corrected chi connectivity index (χ1v) is 10.4. The minimum absolute atomic E-state index is 0.0295. The van der Waals surface area contributed by atoms with Crippen molar-refractivity contribution in [2.45, 2.75) is 0 Å². The second-order valence-electron chi connectivity index (χ2n) is 5.49. The third kappa shape index (κ3) is 3.03. The van der Waals surface area contributed by atoms with Crippen LogP contribution in [-0.2, 0) is 0 Å². The summed E-state index contributed by atoms with van der Waals surface area (Å²) in [4.78, 5) is 12.7. The van der Waals surface area contributed by atoms with Crippen LogP contribution in [0, 0.1) is 0 Å². The second-order valence-corrected chi connectivity index (χ2v) is 8.52. The van der Waals surface area contributed by atoms with E-state index < -0.39 is 0 Å². The maximum atomic E-state index is 12.7. The third-order valence-electron chi connectivity index (χ3n) is 3.99. The van der Waals surface area contributed by atoms with E-state index in [1.165, 1.54) is 11.3 Å². The summed E-state index contributed by atoms with van der Waals surface area (Å²) in [5.74, 6) is 1.59. The van der Waals surface area contributed by atoms with E-state index in [-0.39, 0.29) is 20.3 Å². The molecule has 0 aliphatic rings. The van der Waals surface area contributed by atoms with Crippen molar-refractivity contribution in [2.75, 3.05) is 21.3 Å². The Hall–Kier alpha value is -2.61. The molecule has 138 valence electrons. The fourth-order valence-electron chi connectivity index (χ4n) is 2.72. The molecule has 0 aliphatic heterocycles.